The molecule has 3 aromatic rings. The summed E-state index contributed by atoms with van der Waals surface area (Å²) in [7, 11) is 0. The van der Waals surface area contributed by atoms with Crippen LogP contribution in [0.15, 0.2) is 54.6 Å². The van der Waals surface area contributed by atoms with Crippen LogP contribution >= 0.6 is 0 Å². The number of fused-ring (bicyclic) bond motifs is 1. The molecule has 0 fully saturated rings. The number of hydrogen-bond donors (Lipinski definition) is 1. The van der Waals surface area contributed by atoms with Crippen molar-refractivity contribution in [2.24, 2.45) is 0 Å². The van der Waals surface area contributed by atoms with Gasteiger partial charge in [-0.1, -0.05) is 30.3 Å². The number of nitrogens with zero attached hydrogens (tertiary/aromatic N) is 2. The van der Waals surface area contributed by atoms with Gasteiger partial charge >= 0.3 is 0 Å². The Morgan fingerprint density at radius 1 is 1.16 bits per heavy atom. The SMILES string of the molecule is Cc1ccc2cccc(OCC(=O)Nc3ccccc3[N+](=O)[O-])c2n1. The first-order valence-electron chi connectivity index (χ1n) is 7.57. The van der Waals surface area contributed by atoms with Crippen molar-refractivity contribution in [3.05, 3.63) is 70.4 Å². The molecule has 7 nitrogen and oxygen atoms in total. The highest BCUT2D eigenvalue weighted by Crippen LogP contribution is 2.25. The molecule has 0 aliphatic carbocycles. The summed E-state index contributed by atoms with van der Waals surface area (Å²) in [6.07, 6.45) is 0. The summed E-state index contributed by atoms with van der Waals surface area (Å²) >= 11 is 0. The lowest BCUT2D eigenvalue weighted by Gasteiger charge is -2.10. The van der Waals surface area contributed by atoms with Crippen molar-refractivity contribution in [1.82, 2.24) is 4.98 Å². The van der Waals surface area contributed by atoms with Crippen LogP contribution in [0.4, 0.5) is 11.4 Å². The molecule has 0 bridgehead atoms. The summed E-state index contributed by atoms with van der Waals surface area (Å²) in [6.45, 7) is 1.60. The number of nitro groups is 1. The molecule has 0 spiro atoms. The van der Waals surface area contributed by atoms with E-state index in [4.69, 9.17) is 4.74 Å². The average molecular weight is 337 g/mol. The molecule has 7 heteroatoms. The van der Waals surface area contributed by atoms with Crippen molar-refractivity contribution in [2.45, 2.75) is 6.92 Å². The van der Waals surface area contributed by atoms with Gasteiger partial charge in [0.2, 0.25) is 0 Å². The molecule has 0 radical (unpaired) electrons. The third kappa shape index (κ3) is 3.72. The van der Waals surface area contributed by atoms with Gasteiger partial charge in [0.15, 0.2) is 6.61 Å². The minimum Gasteiger partial charge on any atom is -0.481 e. The van der Waals surface area contributed by atoms with E-state index in [1.807, 2.05) is 31.2 Å². The van der Waals surface area contributed by atoms with Crippen molar-refractivity contribution in [2.75, 3.05) is 11.9 Å². The van der Waals surface area contributed by atoms with Gasteiger partial charge in [-0.25, -0.2) is 4.98 Å². The van der Waals surface area contributed by atoms with Gasteiger partial charge in [0.1, 0.15) is 17.0 Å². The first-order chi connectivity index (χ1) is 12.0. The molecule has 2 aromatic carbocycles. The third-order valence-electron chi connectivity index (χ3n) is 3.56. The van der Waals surface area contributed by atoms with E-state index in [0.717, 1.165) is 11.1 Å². The van der Waals surface area contributed by atoms with Crippen LogP contribution in [0.25, 0.3) is 10.9 Å². The lowest BCUT2D eigenvalue weighted by molar-refractivity contribution is -0.383. The van der Waals surface area contributed by atoms with Gasteiger partial charge in [-0.15, -0.1) is 0 Å². The van der Waals surface area contributed by atoms with Crippen molar-refractivity contribution in [1.29, 1.82) is 0 Å². The Balaban J connectivity index is 1.73. The highest BCUT2D eigenvalue weighted by Gasteiger charge is 2.15. The number of benzene rings is 2. The molecular formula is C18H15N3O4. The van der Waals surface area contributed by atoms with Crippen LogP contribution in [-0.2, 0) is 4.79 Å². The number of nitro benzene ring substituents is 1. The molecular weight excluding hydrogens is 322 g/mol. The van der Waals surface area contributed by atoms with E-state index in [2.05, 4.69) is 10.3 Å². The second kappa shape index (κ2) is 6.96. The molecule has 0 atom stereocenters. The molecule has 0 unspecified atom stereocenters. The number of aromatic nitrogens is 1. The molecule has 1 heterocycles. The second-order valence-corrected chi connectivity index (χ2v) is 5.39. The number of hydrogen-bond acceptors (Lipinski definition) is 5. The van der Waals surface area contributed by atoms with Crippen LogP contribution in [0, 0.1) is 17.0 Å². The quantitative estimate of drug-likeness (QED) is 0.568. The lowest BCUT2D eigenvalue weighted by atomic mass is 10.2. The molecule has 126 valence electrons. The summed E-state index contributed by atoms with van der Waals surface area (Å²) in [4.78, 5) is 26.9. The molecule has 1 N–H and O–H groups in total. The van der Waals surface area contributed by atoms with Crippen molar-refractivity contribution in [3.63, 3.8) is 0 Å². The number of aryl methyl sites for hydroxylation is 1. The summed E-state index contributed by atoms with van der Waals surface area (Å²) in [5, 5.41) is 14.4. The standard InChI is InChI=1S/C18H15N3O4/c1-12-9-10-13-5-4-8-16(18(13)19-12)25-11-17(22)20-14-6-2-3-7-15(14)21(23)24/h2-10H,11H2,1H3,(H,20,22). The van der Waals surface area contributed by atoms with Crippen molar-refractivity contribution in [3.8, 4) is 5.75 Å². The first kappa shape index (κ1) is 16.4. The predicted octanol–water partition coefficient (Wildman–Crippen LogP) is 3.47. The maximum atomic E-state index is 12.1. The molecule has 25 heavy (non-hydrogen) atoms. The zero-order valence-electron chi connectivity index (χ0n) is 13.4. The molecule has 0 saturated carbocycles. The topological polar surface area (TPSA) is 94.4 Å². The molecule has 1 amide bonds. The smallest absolute Gasteiger partial charge is 0.292 e. The maximum Gasteiger partial charge on any atom is 0.292 e. The van der Waals surface area contributed by atoms with Gasteiger partial charge < -0.3 is 10.1 Å². The van der Waals surface area contributed by atoms with E-state index in [1.165, 1.54) is 18.2 Å². The number of amides is 1. The van der Waals surface area contributed by atoms with E-state index in [9.17, 15) is 14.9 Å². The van der Waals surface area contributed by atoms with Gasteiger partial charge in [0.25, 0.3) is 11.6 Å². The van der Waals surface area contributed by atoms with E-state index in [0.29, 0.717) is 11.3 Å². The van der Waals surface area contributed by atoms with Gasteiger partial charge in [-0.3, -0.25) is 14.9 Å². The Bertz CT molecular complexity index is 956. The van der Waals surface area contributed by atoms with Crippen molar-refractivity contribution >= 4 is 28.2 Å². The zero-order valence-corrected chi connectivity index (χ0v) is 13.4. The fourth-order valence-electron chi connectivity index (χ4n) is 2.40. The van der Waals surface area contributed by atoms with E-state index < -0.39 is 10.8 Å². The summed E-state index contributed by atoms with van der Waals surface area (Å²) in [6, 6.07) is 15.2. The Hall–Kier alpha value is -3.48. The summed E-state index contributed by atoms with van der Waals surface area (Å²) < 4.78 is 5.56. The van der Waals surface area contributed by atoms with Gasteiger partial charge in [-0.05, 0) is 25.1 Å². The maximum absolute atomic E-state index is 12.1. The van der Waals surface area contributed by atoms with Crippen LogP contribution in [0.3, 0.4) is 0 Å². The fourth-order valence-corrected chi connectivity index (χ4v) is 2.40. The van der Waals surface area contributed by atoms with Crippen LogP contribution in [-0.4, -0.2) is 22.4 Å². The predicted molar refractivity (Wildman–Crippen MR) is 93.7 cm³/mol. The van der Waals surface area contributed by atoms with Gasteiger partial charge in [0, 0.05) is 17.1 Å². The van der Waals surface area contributed by atoms with Crippen LogP contribution in [0.5, 0.6) is 5.75 Å². The van der Waals surface area contributed by atoms with Crippen molar-refractivity contribution < 1.29 is 14.5 Å². The third-order valence-corrected chi connectivity index (χ3v) is 3.56. The first-order valence-corrected chi connectivity index (χ1v) is 7.57. The number of rotatable bonds is 5. The minimum absolute atomic E-state index is 0.132. The average Bonchev–Trinajstić information content (AvgIpc) is 2.60. The number of anilines is 1. The van der Waals surface area contributed by atoms with E-state index in [1.54, 1.807) is 12.1 Å². The number of ether oxygens (including phenoxy) is 1. The zero-order chi connectivity index (χ0) is 17.8. The second-order valence-electron chi connectivity index (χ2n) is 5.39. The van der Waals surface area contributed by atoms with Crippen LogP contribution in [0.1, 0.15) is 5.69 Å². The lowest BCUT2D eigenvalue weighted by Crippen LogP contribution is -2.20. The molecule has 3 rings (SSSR count). The minimum atomic E-state index is -0.548. The van der Waals surface area contributed by atoms with E-state index >= 15 is 0 Å². The largest absolute Gasteiger partial charge is 0.481 e. The van der Waals surface area contributed by atoms with Crippen LogP contribution in [0.2, 0.25) is 0 Å². The summed E-state index contributed by atoms with van der Waals surface area (Å²) in [5.74, 6) is -0.00197. The number of para-hydroxylation sites is 3. The Morgan fingerprint density at radius 2 is 1.96 bits per heavy atom. The Labute approximate surface area is 143 Å². The monoisotopic (exact) mass is 337 g/mol. The van der Waals surface area contributed by atoms with Gasteiger partial charge in [-0.2, -0.15) is 0 Å². The normalized spacial score (nSPS) is 10.4. The number of carbonyl (C=O) groups excluding carboxylic acids is 1. The fraction of sp³-hybridized carbons (Fsp3) is 0.111. The number of pyridine rings is 1. The Morgan fingerprint density at radius 3 is 2.76 bits per heavy atom. The molecule has 1 aromatic heterocycles. The number of nitrogens with one attached hydrogen (secondary N) is 1. The van der Waals surface area contributed by atoms with Crippen LogP contribution < -0.4 is 10.1 Å². The highest BCUT2D eigenvalue weighted by molar-refractivity contribution is 5.94. The van der Waals surface area contributed by atoms with E-state index in [-0.39, 0.29) is 18.0 Å². The summed E-state index contributed by atoms with van der Waals surface area (Å²) in [5.41, 5.74) is 1.47. The molecule has 0 aliphatic rings. The highest BCUT2D eigenvalue weighted by atomic mass is 16.6. The number of carbonyl (C=O) groups is 1. The Kier molecular flexibility index (Phi) is 4.56. The van der Waals surface area contributed by atoms with Gasteiger partial charge in [0.05, 0.1) is 4.92 Å². The molecule has 0 saturated heterocycles. The molecule has 0 aliphatic heterocycles.